The predicted octanol–water partition coefficient (Wildman–Crippen LogP) is 3.81. The van der Waals surface area contributed by atoms with Gasteiger partial charge in [-0.05, 0) is 26.0 Å². The van der Waals surface area contributed by atoms with Gasteiger partial charge >= 0.3 is 0 Å². The Morgan fingerprint density at radius 3 is 2.44 bits per heavy atom. The van der Waals surface area contributed by atoms with Gasteiger partial charge in [-0.2, -0.15) is 10.5 Å². The molecule has 1 fully saturated rings. The molecule has 0 aliphatic carbocycles. The molecule has 1 heterocycles. The topological polar surface area (TPSA) is 118 Å². The summed E-state index contributed by atoms with van der Waals surface area (Å²) in [4.78, 5) is 18.6. The fraction of sp³-hybridized carbons (Fsp3) is 0.333. The first-order valence-electron chi connectivity index (χ1n) is 10.4. The molecule has 1 amide bonds. The predicted molar refractivity (Wildman–Crippen MR) is 121 cm³/mol. The number of amides is 1. The number of nitrogens with zero attached hydrogens (tertiary/aromatic N) is 4. The van der Waals surface area contributed by atoms with E-state index in [9.17, 15) is 28.5 Å². The number of amidine groups is 1. The van der Waals surface area contributed by atoms with Crippen LogP contribution in [-0.4, -0.2) is 31.9 Å². The van der Waals surface area contributed by atoms with Crippen molar-refractivity contribution >= 4 is 17.4 Å². The molecule has 1 aliphatic heterocycles. The summed E-state index contributed by atoms with van der Waals surface area (Å²) in [6.07, 6.45) is -2.98. The van der Waals surface area contributed by atoms with Gasteiger partial charge in [0.25, 0.3) is 12.3 Å². The Labute approximate surface area is 195 Å². The SMILES string of the molecule is CNC(=O)c1cc(C#N)c(N2CC(C)(C#N)C2)cc1C(N)=N[C@H](C)c1cccc(C(F)F)c1F. The Balaban J connectivity index is 2.08. The normalized spacial score (nSPS) is 15.8. The van der Waals surface area contributed by atoms with Gasteiger partial charge in [-0.3, -0.25) is 9.79 Å². The molecule has 2 aromatic rings. The number of rotatable bonds is 6. The summed E-state index contributed by atoms with van der Waals surface area (Å²) in [6.45, 7) is 4.07. The van der Waals surface area contributed by atoms with Crippen LogP contribution in [0.15, 0.2) is 35.3 Å². The van der Waals surface area contributed by atoms with Crippen molar-refractivity contribution in [3.8, 4) is 12.1 Å². The van der Waals surface area contributed by atoms with E-state index in [1.807, 2.05) is 4.90 Å². The third-order valence-electron chi connectivity index (χ3n) is 5.77. The van der Waals surface area contributed by atoms with Crippen molar-refractivity contribution in [1.29, 1.82) is 10.5 Å². The summed E-state index contributed by atoms with van der Waals surface area (Å²) >= 11 is 0. The highest BCUT2D eigenvalue weighted by Gasteiger charge is 2.40. The van der Waals surface area contributed by atoms with Gasteiger partial charge in [0.2, 0.25) is 0 Å². The number of hydrogen-bond donors (Lipinski definition) is 2. The first kappa shape index (κ1) is 24.6. The monoisotopic (exact) mass is 468 g/mol. The lowest BCUT2D eigenvalue weighted by molar-refractivity contribution is 0.0962. The second kappa shape index (κ2) is 9.44. The van der Waals surface area contributed by atoms with Crippen molar-refractivity contribution < 1.29 is 18.0 Å². The number of halogens is 3. The Bertz CT molecular complexity index is 1240. The minimum Gasteiger partial charge on any atom is -0.383 e. The largest absolute Gasteiger partial charge is 0.383 e. The molecule has 3 rings (SSSR count). The highest BCUT2D eigenvalue weighted by molar-refractivity contribution is 6.10. The summed E-state index contributed by atoms with van der Waals surface area (Å²) in [5.41, 5.74) is 5.85. The van der Waals surface area contributed by atoms with Crippen molar-refractivity contribution in [2.75, 3.05) is 25.0 Å². The van der Waals surface area contributed by atoms with E-state index in [1.54, 1.807) is 6.92 Å². The number of hydrogen-bond acceptors (Lipinski definition) is 5. The molecule has 1 atom stereocenters. The molecule has 0 spiro atoms. The van der Waals surface area contributed by atoms with E-state index in [2.05, 4.69) is 22.4 Å². The van der Waals surface area contributed by atoms with Gasteiger partial charge in [-0.15, -0.1) is 0 Å². The van der Waals surface area contributed by atoms with Gasteiger partial charge in [-0.25, -0.2) is 13.2 Å². The molecule has 0 unspecified atom stereocenters. The lowest BCUT2D eigenvalue weighted by atomic mass is 9.82. The number of aliphatic imine (C=N–C) groups is 1. The van der Waals surface area contributed by atoms with Gasteiger partial charge in [-0.1, -0.05) is 18.2 Å². The smallest absolute Gasteiger partial charge is 0.266 e. The molecule has 2 aromatic carbocycles. The zero-order valence-corrected chi connectivity index (χ0v) is 18.9. The molecule has 3 N–H and O–H groups in total. The van der Waals surface area contributed by atoms with Crippen LogP contribution in [0.5, 0.6) is 0 Å². The van der Waals surface area contributed by atoms with Gasteiger partial charge in [0.1, 0.15) is 17.7 Å². The third kappa shape index (κ3) is 4.53. The van der Waals surface area contributed by atoms with E-state index < -0.39 is 35.2 Å². The van der Waals surface area contributed by atoms with Gasteiger partial charge < -0.3 is 16.0 Å². The van der Waals surface area contributed by atoms with Crippen LogP contribution >= 0.6 is 0 Å². The Hall–Kier alpha value is -4.05. The van der Waals surface area contributed by atoms with Crippen LogP contribution in [0.1, 0.15) is 58.9 Å². The van der Waals surface area contributed by atoms with E-state index in [-0.39, 0.29) is 28.1 Å². The number of anilines is 1. The number of benzene rings is 2. The molecule has 1 aliphatic rings. The lowest BCUT2D eigenvalue weighted by Crippen LogP contribution is -2.54. The van der Waals surface area contributed by atoms with Crippen molar-refractivity contribution in [3.63, 3.8) is 0 Å². The van der Waals surface area contributed by atoms with E-state index >= 15 is 0 Å². The van der Waals surface area contributed by atoms with Crippen LogP contribution in [0.2, 0.25) is 0 Å². The summed E-state index contributed by atoms with van der Waals surface area (Å²) in [6, 6.07) is 9.94. The maximum absolute atomic E-state index is 14.6. The van der Waals surface area contributed by atoms with Gasteiger partial charge in [0.05, 0.1) is 39.9 Å². The maximum Gasteiger partial charge on any atom is 0.266 e. The molecule has 0 saturated carbocycles. The summed E-state index contributed by atoms with van der Waals surface area (Å²) in [5, 5.41) is 21.4. The van der Waals surface area contributed by atoms with Crippen molar-refractivity contribution in [2.45, 2.75) is 26.3 Å². The van der Waals surface area contributed by atoms with Gasteiger partial charge in [0.15, 0.2) is 0 Å². The first-order chi connectivity index (χ1) is 16.0. The molecule has 0 aromatic heterocycles. The number of nitrogens with two attached hydrogens (primary N) is 1. The molecule has 0 bridgehead atoms. The second-order valence-corrected chi connectivity index (χ2v) is 8.38. The summed E-state index contributed by atoms with van der Waals surface area (Å²) < 4.78 is 40.8. The molecule has 7 nitrogen and oxygen atoms in total. The average Bonchev–Trinajstić information content (AvgIpc) is 2.80. The van der Waals surface area contributed by atoms with Crippen LogP contribution in [-0.2, 0) is 0 Å². The summed E-state index contributed by atoms with van der Waals surface area (Å²) in [7, 11) is 1.42. The standard InChI is InChI=1S/C24H23F3N6O/c1-13(15-5-4-6-16(20(15)25)21(26)27)32-22(30)17-8-19(33-11-24(2,10-29)12-33)14(9-28)7-18(17)23(34)31-3/h4-8,13,21H,11-12H2,1-3H3,(H2,30,32)(H,31,34)/t13-/m1/s1. The highest BCUT2D eigenvalue weighted by atomic mass is 19.3. The number of alkyl halides is 2. The first-order valence-corrected chi connectivity index (χ1v) is 10.4. The third-order valence-corrected chi connectivity index (χ3v) is 5.77. The molecule has 176 valence electrons. The second-order valence-electron chi connectivity index (χ2n) is 8.38. The number of carbonyl (C=O) groups excluding carboxylic acids is 1. The quantitative estimate of drug-likeness (QED) is 0.494. The molecule has 0 radical (unpaired) electrons. The van der Waals surface area contributed by atoms with E-state index in [0.717, 1.165) is 6.07 Å². The molecule has 1 saturated heterocycles. The zero-order chi connectivity index (χ0) is 25.2. The Kier molecular flexibility index (Phi) is 6.83. The van der Waals surface area contributed by atoms with Crippen molar-refractivity contribution in [1.82, 2.24) is 5.32 Å². The molecular formula is C24H23F3N6O. The van der Waals surface area contributed by atoms with Crippen LogP contribution in [0.3, 0.4) is 0 Å². The van der Waals surface area contributed by atoms with Gasteiger partial charge in [0, 0.05) is 31.3 Å². The summed E-state index contributed by atoms with van der Waals surface area (Å²) in [5.74, 6) is -1.70. The number of nitrogens with one attached hydrogen (secondary N) is 1. The highest BCUT2D eigenvalue weighted by Crippen LogP contribution is 2.37. The van der Waals surface area contributed by atoms with Crippen molar-refractivity contribution in [3.05, 3.63) is 64.0 Å². The Morgan fingerprint density at radius 2 is 1.88 bits per heavy atom. The molecule has 10 heteroatoms. The van der Waals surface area contributed by atoms with Crippen LogP contribution < -0.4 is 16.0 Å². The van der Waals surface area contributed by atoms with E-state index in [1.165, 1.54) is 38.2 Å². The fourth-order valence-electron chi connectivity index (χ4n) is 3.92. The van der Waals surface area contributed by atoms with E-state index in [4.69, 9.17) is 5.73 Å². The Morgan fingerprint density at radius 1 is 1.24 bits per heavy atom. The molecular weight excluding hydrogens is 445 g/mol. The van der Waals surface area contributed by atoms with Crippen molar-refractivity contribution in [2.24, 2.45) is 16.1 Å². The van der Waals surface area contributed by atoms with Crippen LogP contribution in [0, 0.1) is 33.9 Å². The van der Waals surface area contributed by atoms with Crippen LogP contribution in [0.4, 0.5) is 18.9 Å². The zero-order valence-electron chi connectivity index (χ0n) is 18.9. The molecule has 34 heavy (non-hydrogen) atoms. The lowest BCUT2D eigenvalue weighted by Gasteiger charge is -2.45. The van der Waals surface area contributed by atoms with Crippen LogP contribution in [0.25, 0.3) is 0 Å². The minimum atomic E-state index is -2.98. The number of carbonyl (C=O) groups is 1. The number of nitriles is 2. The maximum atomic E-state index is 14.6. The van der Waals surface area contributed by atoms with E-state index in [0.29, 0.717) is 18.8 Å². The minimum absolute atomic E-state index is 0.0661. The fourth-order valence-corrected chi connectivity index (χ4v) is 3.92. The average molecular weight is 468 g/mol.